The summed E-state index contributed by atoms with van der Waals surface area (Å²) in [4.78, 5) is 0. The van der Waals surface area contributed by atoms with Gasteiger partial charge in [0, 0.05) is 0 Å². The number of ether oxygens (including phenoxy) is 1. The van der Waals surface area contributed by atoms with Crippen molar-refractivity contribution in [1.82, 2.24) is 0 Å². The van der Waals surface area contributed by atoms with Crippen molar-refractivity contribution in [2.45, 2.75) is 13.0 Å². The van der Waals surface area contributed by atoms with Gasteiger partial charge in [-0.25, -0.2) is 0 Å². The van der Waals surface area contributed by atoms with Gasteiger partial charge in [-0.1, -0.05) is 0 Å². The van der Waals surface area contributed by atoms with Crippen molar-refractivity contribution in [3.63, 3.8) is 0 Å². The second kappa shape index (κ2) is 4.93. The van der Waals surface area contributed by atoms with E-state index in [0.29, 0.717) is 13.0 Å². The summed E-state index contributed by atoms with van der Waals surface area (Å²) in [5.41, 5.74) is 4.99. The van der Waals surface area contributed by atoms with Gasteiger partial charge in [0.2, 0.25) is 0 Å². The summed E-state index contributed by atoms with van der Waals surface area (Å²) >= 11 is 0. The number of alkyl halides is 2. The van der Waals surface area contributed by atoms with Gasteiger partial charge in [-0.15, -0.1) is 0 Å². The summed E-state index contributed by atoms with van der Waals surface area (Å²) in [6.45, 7) is -2.21. The summed E-state index contributed by atoms with van der Waals surface area (Å²) in [6, 6.07) is 0. The molecule has 50 valence electrons. The second-order valence-electron chi connectivity index (χ2n) is 1.27. The molecule has 2 N–H and O–H groups in total. The second-order valence-corrected chi connectivity index (χ2v) is 1.27. The SMILES string of the molecule is NCCCOC(F)F. The fourth-order valence-corrected chi connectivity index (χ4v) is 0.256. The Morgan fingerprint density at radius 1 is 1.50 bits per heavy atom. The Morgan fingerprint density at radius 2 is 2.12 bits per heavy atom. The predicted octanol–water partition coefficient (Wildman–Crippen LogP) is 0.574. The molecule has 0 amide bonds. The lowest BCUT2D eigenvalue weighted by atomic mass is 10.5. The highest BCUT2D eigenvalue weighted by molar-refractivity contribution is 4.33. The van der Waals surface area contributed by atoms with Crippen LogP contribution >= 0.6 is 0 Å². The van der Waals surface area contributed by atoms with E-state index in [9.17, 15) is 8.78 Å². The largest absolute Gasteiger partial charge is 0.345 e. The monoisotopic (exact) mass is 125 g/mol. The zero-order valence-corrected chi connectivity index (χ0v) is 4.44. The van der Waals surface area contributed by atoms with Crippen LogP contribution in [-0.2, 0) is 4.74 Å². The van der Waals surface area contributed by atoms with E-state index in [0.717, 1.165) is 0 Å². The normalized spacial score (nSPS) is 10.5. The smallest absolute Gasteiger partial charge is 0.330 e. The van der Waals surface area contributed by atoms with Crippen molar-refractivity contribution in [2.75, 3.05) is 13.2 Å². The third-order valence-electron chi connectivity index (χ3n) is 0.592. The molecule has 4 heteroatoms. The Bertz CT molecular complexity index is 51.3. The molecule has 0 aromatic carbocycles. The predicted molar refractivity (Wildman–Crippen MR) is 25.6 cm³/mol. The van der Waals surface area contributed by atoms with E-state index in [1.54, 1.807) is 0 Å². The van der Waals surface area contributed by atoms with Crippen molar-refractivity contribution in [3.8, 4) is 0 Å². The first kappa shape index (κ1) is 7.78. The van der Waals surface area contributed by atoms with Crippen LogP contribution in [0.5, 0.6) is 0 Å². The fraction of sp³-hybridized carbons (Fsp3) is 1.00. The Morgan fingerprint density at radius 3 is 2.50 bits per heavy atom. The maximum Gasteiger partial charge on any atom is 0.345 e. The molecule has 0 saturated heterocycles. The van der Waals surface area contributed by atoms with Crippen LogP contribution in [-0.4, -0.2) is 19.8 Å². The van der Waals surface area contributed by atoms with Crippen LogP contribution in [0.25, 0.3) is 0 Å². The lowest BCUT2D eigenvalue weighted by Crippen LogP contribution is -2.06. The molecule has 0 bridgehead atoms. The number of rotatable bonds is 4. The average molecular weight is 125 g/mol. The van der Waals surface area contributed by atoms with Crippen LogP contribution in [0.1, 0.15) is 6.42 Å². The molecule has 0 spiro atoms. The van der Waals surface area contributed by atoms with Gasteiger partial charge < -0.3 is 10.5 Å². The Hall–Kier alpha value is -0.220. The molecule has 0 atom stereocenters. The first-order valence-corrected chi connectivity index (χ1v) is 2.37. The summed E-state index contributed by atoms with van der Waals surface area (Å²) in [7, 11) is 0. The molecule has 0 aromatic rings. The third kappa shape index (κ3) is 5.78. The molecule has 0 aromatic heterocycles. The first-order valence-electron chi connectivity index (χ1n) is 2.37. The molecular weight excluding hydrogens is 116 g/mol. The van der Waals surface area contributed by atoms with Crippen molar-refractivity contribution in [3.05, 3.63) is 0 Å². The Kier molecular flexibility index (Phi) is 4.79. The molecule has 0 aliphatic heterocycles. The highest BCUT2D eigenvalue weighted by Gasteiger charge is 1.97. The lowest BCUT2D eigenvalue weighted by Gasteiger charge is -1.97. The zero-order valence-electron chi connectivity index (χ0n) is 4.44. The molecule has 0 saturated carbocycles. The number of hydrogen-bond acceptors (Lipinski definition) is 2. The lowest BCUT2D eigenvalue weighted by molar-refractivity contribution is -0.128. The van der Waals surface area contributed by atoms with E-state index >= 15 is 0 Å². The fourth-order valence-electron chi connectivity index (χ4n) is 0.256. The number of hydrogen-bond donors (Lipinski definition) is 1. The molecule has 0 rings (SSSR count). The summed E-state index contributed by atoms with van der Waals surface area (Å²) < 4.78 is 26.1. The van der Waals surface area contributed by atoms with Crippen molar-refractivity contribution in [2.24, 2.45) is 5.73 Å². The third-order valence-corrected chi connectivity index (χ3v) is 0.592. The van der Waals surface area contributed by atoms with Gasteiger partial charge in [-0.05, 0) is 13.0 Å². The van der Waals surface area contributed by atoms with Crippen molar-refractivity contribution in [1.29, 1.82) is 0 Å². The number of halogens is 2. The van der Waals surface area contributed by atoms with Crippen molar-refractivity contribution < 1.29 is 13.5 Å². The standard InChI is InChI=1S/C4H9F2NO/c5-4(6)8-3-1-2-7/h4H,1-3,7H2. The molecule has 8 heavy (non-hydrogen) atoms. The highest BCUT2D eigenvalue weighted by atomic mass is 19.3. The minimum atomic E-state index is -2.65. The molecule has 2 nitrogen and oxygen atoms in total. The van der Waals surface area contributed by atoms with Crippen molar-refractivity contribution >= 4 is 0 Å². The molecule has 0 radical (unpaired) electrons. The summed E-state index contributed by atoms with van der Waals surface area (Å²) in [5, 5.41) is 0. The van der Waals surface area contributed by atoms with E-state index < -0.39 is 6.61 Å². The van der Waals surface area contributed by atoms with Crippen LogP contribution in [0.15, 0.2) is 0 Å². The van der Waals surface area contributed by atoms with E-state index in [-0.39, 0.29) is 6.61 Å². The van der Waals surface area contributed by atoms with Gasteiger partial charge in [0.15, 0.2) is 0 Å². The van der Waals surface area contributed by atoms with Gasteiger partial charge >= 0.3 is 6.61 Å². The van der Waals surface area contributed by atoms with Crippen LogP contribution in [0, 0.1) is 0 Å². The molecular formula is C4H9F2NO. The van der Waals surface area contributed by atoms with Gasteiger partial charge in [0.1, 0.15) is 0 Å². The van der Waals surface area contributed by atoms with E-state index in [1.165, 1.54) is 0 Å². The van der Waals surface area contributed by atoms with Gasteiger partial charge in [-0.2, -0.15) is 8.78 Å². The first-order chi connectivity index (χ1) is 3.77. The van der Waals surface area contributed by atoms with E-state index in [4.69, 9.17) is 5.73 Å². The van der Waals surface area contributed by atoms with E-state index in [1.807, 2.05) is 0 Å². The maximum absolute atomic E-state index is 11.1. The van der Waals surface area contributed by atoms with Crippen LogP contribution in [0.3, 0.4) is 0 Å². The minimum Gasteiger partial charge on any atom is -0.330 e. The molecule has 0 aliphatic carbocycles. The molecule has 0 unspecified atom stereocenters. The van der Waals surface area contributed by atoms with E-state index in [2.05, 4.69) is 4.74 Å². The van der Waals surface area contributed by atoms with Crippen LogP contribution in [0.2, 0.25) is 0 Å². The topological polar surface area (TPSA) is 35.2 Å². The zero-order chi connectivity index (χ0) is 6.41. The quantitative estimate of drug-likeness (QED) is 0.557. The minimum absolute atomic E-state index is 0.0498. The summed E-state index contributed by atoms with van der Waals surface area (Å²) in [5.74, 6) is 0. The highest BCUT2D eigenvalue weighted by Crippen LogP contribution is 1.93. The Balaban J connectivity index is 2.72. The Labute approximate surface area is 46.6 Å². The molecule has 0 aliphatic rings. The van der Waals surface area contributed by atoms with Gasteiger partial charge in [0.05, 0.1) is 6.61 Å². The molecule has 0 heterocycles. The average Bonchev–Trinajstić information content (AvgIpc) is 1.66. The summed E-state index contributed by atoms with van der Waals surface area (Å²) in [6.07, 6.45) is 0.490. The maximum atomic E-state index is 11.1. The van der Waals surface area contributed by atoms with Gasteiger partial charge in [-0.3, -0.25) is 0 Å². The van der Waals surface area contributed by atoms with Gasteiger partial charge in [0.25, 0.3) is 0 Å². The number of nitrogens with two attached hydrogens (primary N) is 1. The molecule has 0 fully saturated rings. The van der Waals surface area contributed by atoms with Crippen LogP contribution < -0.4 is 5.73 Å². The van der Waals surface area contributed by atoms with Crippen LogP contribution in [0.4, 0.5) is 8.78 Å².